The zero-order chi connectivity index (χ0) is 18.8. The number of fused-ring (bicyclic) bond motifs is 1. The van der Waals surface area contributed by atoms with Gasteiger partial charge in [-0.05, 0) is 51.1 Å². The molecular weight excluding hydrogens is 331 g/mol. The minimum Gasteiger partial charge on any atom is -0.370 e. The molecule has 0 saturated carbocycles. The molecule has 1 unspecified atom stereocenters. The molecule has 1 heterocycles. The van der Waals surface area contributed by atoms with E-state index >= 15 is 0 Å². The summed E-state index contributed by atoms with van der Waals surface area (Å²) in [6.45, 7) is 5.78. The van der Waals surface area contributed by atoms with Gasteiger partial charge in [0.1, 0.15) is 11.9 Å². The van der Waals surface area contributed by atoms with Gasteiger partial charge in [0.15, 0.2) is 0 Å². The standard InChI is InChI=1S/C20H23FN4O/c1-13(2)24(4)18-10-9-15(11-16(18)21)23-20(26)14(3)25-12-22-17-7-5-6-8-19(17)25/h5-14H,1-4H3,(H,23,26). The second-order valence-electron chi connectivity index (χ2n) is 6.68. The van der Waals surface area contributed by atoms with Crippen LogP contribution >= 0.6 is 0 Å². The molecule has 0 aliphatic carbocycles. The van der Waals surface area contributed by atoms with Crippen LogP contribution < -0.4 is 10.2 Å². The molecule has 0 fully saturated rings. The summed E-state index contributed by atoms with van der Waals surface area (Å²) in [5.41, 5.74) is 2.66. The van der Waals surface area contributed by atoms with Crippen molar-refractivity contribution in [3.05, 3.63) is 54.6 Å². The molecule has 1 aromatic heterocycles. The lowest BCUT2D eigenvalue weighted by Gasteiger charge is -2.24. The minimum atomic E-state index is -0.469. The SMILES string of the molecule is CC(C)N(C)c1ccc(NC(=O)C(C)n2cnc3ccccc32)cc1F. The van der Waals surface area contributed by atoms with E-state index in [0.717, 1.165) is 11.0 Å². The highest BCUT2D eigenvalue weighted by Crippen LogP contribution is 2.24. The lowest BCUT2D eigenvalue weighted by Crippen LogP contribution is -2.27. The number of carbonyl (C=O) groups is 1. The number of anilines is 2. The minimum absolute atomic E-state index is 0.180. The normalized spacial score (nSPS) is 12.4. The van der Waals surface area contributed by atoms with Crippen LogP contribution in [-0.2, 0) is 4.79 Å². The summed E-state index contributed by atoms with van der Waals surface area (Å²) in [5, 5.41) is 2.78. The highest BCUT2D eigenvalue weighted by Gasteiger charge is 2.18. The maximum absolute atomic E-state index is 14.4. The van der Waals surface area contributed by atoms with E-state index in [-0.39, 0.29) is 17.8 Å². The Hall–Kier alpha value is -2.89. The molecule has 0 saturated heterocycles. The monoisotopic (exact) mass is 354 g/mol. The highest BCUT2D eigenvalue weighted by molar-refractivity contribution is 5.94. The number of imidazole rings is 1. The van der Waals surface area contributed by atoms with Gasteiger partial charge in [0.2, 0.25) is 5.91 Å². The predicted molar refractivity (Wildman–Crippen MR) is 103 cm³/mol. The van der Waals surface area contributed by atoms with E-state index in [1.165, 1.54) is 6.07 Å². The Morgan fingerprint density at radius 2 is 1.92 bits per heavy atom. The van der Waals surface area contributed by atoms with Crippen molar-refractivity contribution in [3.63, 3.8) is 0 Å². The molecule has 26 heavy (non-hydrogen) atoms. The van der Waals surface area contributed by atoms with E-state index in [4.69, 9.17) is 0 Å². The Balaban J connectivity index is 1.78. The molecule has 2 aromatic carbocycles. The van der Waals surface area contributed by atoms with Crippen LogP contribution in [0.3, 0.4) is 0 Å². The Labute approximate surface area is 152 Å². The number of nitrogens with zero attached hydrogens (tertiary/aromatic N) is 3. The number of rotatable bonds is 5. The van der Waals surface area contributed by atoms with Crippen LogP contribution in [0.5, 0.6) is 0 Å². The number of para-hydroxylation sites is 2. The lowest BCUT2D eigenvalue weighted by molar-refractivity contribution is -0.118. The number of hydrogen-bond donors (Lipinski definition) is 1. The first-order valence-corrected chi connectivity index (χ1v) is 8.63. The molecule has 0 radical (unpaired) electrons. The number of amides is 1. The fourth-order valence-electron chi connectivity index (χ4n) is 2.81. The Kier molecular flexibility index (Phi) is 4.93. The van der Waals surface area contributed by atoms with Gasteiger partial charge >= 0.3 is 0 Å². The molecule has 136 valence electrons. The summed E-state index contributed by atoms with van der Waals surface area (Å²) in [5.74, 6) is -0.586. The van der Waals surface area contributed by atoms with Crippen molar-refractivity contribution in [2.75, 3.05) is 17.3 Å². The summed E-state index contributed by atoms with van der Waals surface area (Å²) in [4.78, 5) is 18.8. The maximum Gasteiger partial charge on any atom is 0.247 e. The van der Waals surface area contributed by atoms with Gasteiger partial charge in [-0.2, -0.15) is 0 Å². The van der Waals surface area contributed by atoms with E-state index < -0.39 is 6.04 Å². The lowest BCUT2D eigenvalue weighted by atomic mass is 10.2. The Morgan fingerprint density at radius 3 is 2.62 bits per heavy atom. The average molecular weight is 354 g/mol. The van der Waals surface area contributed by atoms with E-state index in [9.17, 15) is 9.18 Å². The number of halogens is 1. The first kappa shape index (κ1) is 17.9. The van der Waals surface area contributed by atoms with Crippen LogP contribution in [-0.4, -0.2) is 28.5 Å². The van der Waals surface area contributed by atoms with Gasteiger partial charge in [-0.1, -0.05) is 12.1 Å². The van der Waals surface area contributed by atoms with Crippen LogP contribution in [0.15, 0.2) is 48.8 Å². The van der Waals surface area contributed by atoms with Crippen LogP contribution in [0.1, 0.15) is 26.8 Å². The third kappa shape index (κ3) is 3.40. The van der Waals surface area contributed by atoms with Gasteiger partial charge < -0.3 is 14.8 Å². The van der Waals surface area contributed by atoms with Crippen LogP contribution in [0.2, 0.25) is 0 Å². The zero-order valence-corrected chi connectivity index (χ0v) is 15.4. The molecule has 3 rings (SSSR count). The van der Waals surface area contributed by atoms with Gasteiger partial charge in [-0.3, -0.25) is 4.79 Å². The summed E-state index contributed by atoms with van der Waals surface area (Å²) in [7, 11) is 1.84. The number of aromatic nitrogens is 2. The van der Waals surface area contributed by atoms with Gasteiger partial charge in [-0.15, -0.1) is 0 Å². The van der Waals surface area contributed by atoms with E-state index in [0.29, 0.717) is 11.4 Å². The largest absolute Gasteiger partial charge is 0.370 e. The fourth-order valence-corrected chi connectivity index (χ4v) is 2.81. The number of nitrogens with one attached hydrogen (secondary N) is 1. The molecule has 1 amide bonds. The molecule has 3 aromatic rings. The van der Waals surface area contributed by atoms with E-state index in [1.54, 1.807) is 25.4 Å². The summed E-state index contributed by atoms with van der Waals surface area (Å²) in [6.07, 6.45) is 1.65. The van der Waals surface area contributed by atoms with E-state index in [2.05, 4.69) is 10.3 Å². The van der Waals surface area contributed by atoms with Gasteiger partial charge in [0.25, 0.3) is 0 Å². The molecule has 5 nitrogen and oxygen atoms in total. The van der Waals surface area contributed by atoms with Crippen molar-refractivity contribution < 1.29 is 9.18 Å². The summed E-state index contributed by atoms with van der Waals surface area (Å²) >= 11 is 0. The first-order valence-electron chi connectivity index (χ1n) is 8.63. The van der Waals surface area contributed by atoms with Crippen molar-refractivity contribution >= 4 is 28.3 Å². The predicted octanol–water partition coefficient (Wildman–Crippen LogP) is 4.22. The molecule has 0 spiro atoms. The Bertz CT molecular complexity index is 934. The third-order valence-corrected chi connectivity index (χ3v) is 4.65. The number of hydrogen-bond acceptors (Lipinski definition) is 3. The first-order chi connectivity index (χ1) is 12.4. The topological polar surface area (TPSA) is 50.2 Å². The summed E-state index contributed by atoms with van der Waals surface area (Å²) in [6, 6.07) is 12.1. The molecule has 0 aliphatic rings. The van der Waals surface area contributed by atoms with Crippen molar-refractivity contribution in [1.29, 1.82) is 0 Å². The molecule has 6 heteroatoms. The molecular formula is C20H23FN4O. The van der Waals surface area contributed by atoms with Crippen molar-refractivity contribution in [3.8, 4) is 0 Å². The van der Waals surface area contributed by atoms with Gasteiger partial charge in [-0.25, -0.2) is 9.37 Å². The quantitative estimate of drug-likeness (QED) is 0.746. The zero-order valence-electron chi connectivity index (χ0n) is 15.4. The van der Waals surface area contributed by atoms with Crippen molar-refractivity contribution in [2.45, 2.75) is 32.9 Å². The maximum atomic E-state index is 14.4. The van der Waals surface area contributed by atoms with Crippen molar-refractivity contribution in [2.24, 2.45) is 0 Å². The van der Waals surface area contributed by atoms with Gasteiger partial charge in [0.05, 0.1) is 23.0 Å². The van der Waals surface area contributed by atoms with Crippen LogP contribution in [0.25, 0.3) is 11.0 Å². The van der Waals surface area contributed by atoms with Gasteiger partial charge in [0, 0.05) is 18.8 Å². The third-order valence-electron chi connectivity index (χ3n) is 4.65. The van der Waals surface area contributed by atoms with Crippen LogP contribution in [0.4, 0.5) is 15.8 Å². The summed E-state index contributed by atoms with van der Waals surface area (Å²) < 4.78 is 16.2. The van der Waals surface area contributed by atoms with Crippen LogP contribution in [0, 0.1) is 5.82 Å². The number of benzene rings is 2. The molecule has 0 aliphatic heterocycles. The fraction of sp³-hybridized carbons (Fsp3) is 0.300. The Morgan fingerprint density at radius 1 is 1.19 bits per heavy atom. The highest BCUT2D eigenvalue weighted by atomic mass is 19.1. The van der Waals surface area contributed by atoms with Crippen molar-refractivity contribution in [1.82, 2.24) is 9.55 Å². The second kappa shape index (κ2) is 7.15. The average Bonchev–Trinajstić information content (AvgIpc) is 3.04. The number of carbonyl (C=O) groups excluding carboxylic acids is 1. The second-order valence-corrected chi connectivity index (χ2v) is 6.68. The van der Waals surface area contributed by atoms with E-state index in [1.807, 2.05) is 54.6 Å². The molecule has 1 N–H and O–H groups in total. The molecule has 1 atom stereocenters. The molecule has 0 bridgehead atoms. The smallest absolute Gasteiger partial charge is 0.247 e.